The van der Waals surface area contributed by atoms with Crippen molar-refractivity contribution in [1.29, 1.82) is 0 Å². The number of ether oxygens (including phenoxy) is 1. The summed E-state index contributed by atoms with van der Waals surface area (Å²) in [4.78, 5) is 12.1. The summed E-state index contributed by atoms with van der Waals surface area (Å²) in [7, 11) is 0. The van der Waals surface area contributed by atoms with Crippen LogP contribution in [0.15, 0.2) is 24.3 Å². The van der Waals surface area contributed by atoms with Crippen molar-refractivity contribution in [3.8, 4) is 5.75 Å². The summed E-state index contributed by atoms with van der Waals surface area (Å²) in [6.07, 6.45) is 0.581. The molecule has 1 aliphatic heterocycles. The molecule has 1 aliphatic rings. The van der Waals surface area contributed by atoms with Gasteiger partial charge < -0.3 is 20.3 Å². The minimum absolute atomic E-state index is 0.0920. The minimum Gasteiger partial charge on any atom is -0.508 e. The molecule has 0 radical (unpaired) electrons. The molecule has 2 rings (SSSR count). The summed E-state index contributed by atoms with van der Waals surface area (Å²) < 4.78 is 5.54. The number of piperidine rings is 1. The van der Waals surface area contributed by atoms with E-state index in [0.717, 1.165) is 25.9 Å². The fourth-order valence-corrected chi connectivity index (χ4v) is 2.71. The molecule has 1 heterocycles. The lowest BCUT2D eigenvalue weighted by Crippen LogP contribution is -2.43. The average molecular weight is 293 g/mol. The highest BCUT2D eigenvalue weighted by Gasteiger charge is 2.35. The number of aromatic hydroxyl groups is 1. The van der Waals surface area contributed by atoms with Crippen LogP contribution in [0.1, 0.15) is 38.4 Å². The average Bonchev–Trinajstić information content (AvgIpc) is 2.48. The van der Waals surface area contributed by atoms with Crippen molar-refractivity contribution in [2.45, 2.75) is 38.4 Å². The van der Waals surface area contributed by atoms with E-state index in [9.17, 15) is 15.0 Å². The first kappa shape index (κ1) is 15.8. The first-order chi connectivity index (χ1) is 9.90. The Labute approximate surface area is 124 Å². The summed E-state index contributed by atoms with van der Waals surface area (Å²) in [6, 6.07) is 5.89. The van der Waals surface area contributed by atoms with E-state index < -0.39 is 17.7 Å². The van der Waals surface area contributed by atoms with Crippen LogP contribution < -0.4 is 5.32 Å². The van der Waals surface area contributed by atoms with Gasteiger partial charge in [-0.1, -0.05) is 12.1 Å². The monoisotopic (exact) mass is 293 g/mol. The van der Waals surface area contributed by atoms with E-state index in [1.165, 1.54) is 24.3 Å². The van der Waals surface area contributed by atoms with Gasteiger partial charge in [0.2, 0.25) is 0 Å². The van der Waals surface area contributed by atoms with Gasteiger partial charge in [0.1, 0.15) is 11.4 Å². The fourth-order valence-electron chi connectivity index (χ4n) is 2.71. The zero-order valence-corrected chi connectivity index (χ0v) is 12.5. The van der Waals surface area contributed by atoms with Gasteiger partial charge in [0.15, 0.2) is 6.10 Å². The lowest BCUT2D eigenvalue weighted by Gasteiger charge is -2.37. The van der Waals surface area contributed by atoms with Gasteiger partial charge in [-0.2, -0.15) is 0 Å². The molecule has 1 aromatic carbocycles. The van der Waals surface area contributed by atoms with Gasteiger partial charge in [-0.15, -0.1) is 0 Å². The zero-order chi connectivity index (χ0) is 15.5. The molecule has 1 fully saturated rings. The molecule has 0 amide bonds. The molecule has 5 heteroatoms. The zero-order valence-electron chi connectivity index (χ0n) is 12.5. The predicted molar refractivity (Wildman–Crippen MR) is 78.8 cm³/mol. The van der Waals surface area contributed by atoms with Crippen molar-refractivity contribution in [2.75, 3.05) is 13.1 Å². The smallest absolute Gasteiger partial charge is 0.340 e. The van der Waals surface area contributed by atoms with E-state index in [1.807, 2.05) is 13.8 Å². The van der Waals surface area contributed by atoms with Gasteiger partial charge in [0.05, 0.1) is 0 Å². The Morgan fingerprint density at radius 3 is 2.43 bits per heavy atom. The Bertz CT molecular complexity index is 478. The van der Waals surface area contributed by atoms with E-state index in [-0.39, 0.29) is 11.7 Å². The van der Waals surface area contributed by atoms with Crippen molar-refractivity contribution in [2.24, 2.45) is 5.92 Å². The maximum Gasteiger partial charge on any atom is 0.340 e. The number of esters is 1. The molecular weight excluding hydrogens is 270 g/mol. The van der Waals surface area contributed by atoms with Crippen molar-refractivity contribution < 1.29 is 19.7 Å². The van der Waals surface area contributed by atoms with Crippen LogP contribution in [0.5, 0.6) is 5.75 Å². The number of aliphatic hydroxyl groups is 1. The number of hydrogen-bond donors (Lipinski definition) is 3. The number of nitrogens with one attached hydrogen (secondary N) is 1. The molecule has 1 aromatic rings. The third-order valence-corrected chi connectivity index (χ3v) is 4.12. The number of phenols is 1. The van der Waals surface area contributed by atoms with E-state index >= 15 is 0 Å². The minimum atomic E-state index is -1.33. The lowest BCUT2D eigenvalue weighted by atomic mass is 9.83. The summed E-state index contributed by atoms with van der Waals surface area (Å²) in [6.45, 7) is 5.63. The second-order valence-electron chi connectivity index (χ2n) is 6.04. The molecule has 3 N–H and O–H groups in total. The highest BCUT2D eigenvalue weighted by Crippen LogP contribution is 2.30. The molecule has 0 saturated carbocycles. The Balaban J connectivity index is 2.00. The molecule has 0 aliphatic carbocycles. The van der Waals surface area contributed by atoms with Gasteiger partial charge in [0, 0.05) is 5.92 Å². The Hall–Kier alpha value is -1.59. The number of carbonyl (C=O) groups excluding carboxylic acids is 1. The molecular formula is C16H23NO4. The van der Waals surface area contributed by atoms with Crippen LogP contribution in [-0.4, -0.2) is 34.9 Å². The molecule has 116 valence electrons. The van der Waals surface area contributed by atoms with Gasteiger partial charge in [-0.25, -0.2) is 4.79 Å². The largest absolute Gasteiger partial charge is 0.508 e. The maximum absolute atomic E-state index is 12.1. The molecule has 1 atom stereocenters. The van der Waals surface area contributed by atoms with Crippen molar-refractivity contribution in [3.63, 3.8) is 0 Å². The molecule has 1 saturated heterocycles. The number of rotatable bonds is 4. The molecule has 1 unspecified atom stereocenters. The molecule has 0 aromatic heterocycles. The summed E-state index contributed by atoms with van der Waals surface area (Å²) in [5.41, 5.74) is -0.184. The number of hydrogen-bond acceptors (Lipinski definition) is 5. The van der Waals surface area contributed by atoms with Gasteiger partial charge in [0.25, 0.3) is 0 Å². The van der Waals surface area contributed by atoms with Crippen molar-refractivity contribution in [1.82, 2.24) is 5.32 Å². The quantitative estimate of drug-likeness (QED) is 0.737. The molecule has 0 spiro atoms. The predicted octanol–water partition coefficient (Wildman–Crippen LogP) is 1.75. The van der Waals surface area contributed by atoms with Crippen molar-refractivity contribution >= 4 is 5.97 Å². The molecule has 0 bridgehead atoms. The lowest BCUT2D eigenvalue weighted by molar-refractivity contribution is -0.173. The topological polar surface area (TPSA) is 78.8 Å². The van der Waals surface area contributed by atoms with E-state index in [2.05, 4.69) is 5.32 Å². The highest BCUT2D eigenvalue weighted by molar-refractivity contribution is 5.76. The number of aliphatic hydroxyl groups excluding tert-OH is 1. The Morgan fingerprint density at radius 1 is 1.29 bits per heavy atom. The summed E-state index contributed by atoms with van der Waals surface area (Å²) in [5, 5.41) is 22.6. The third-order valence-electron chi connectivity index (χ3n) is 4.12. The maximum atomic E-state index is 12.1. The van der Waals surface area contributed by atoms with Crippen LogP contribution in [0.4, 0.5) is 0 Å². The summed E-state index contributed by atoms with van der Waals surface area (Å²) >= 11 is 0. The standard InChI is InChI=1S/C16H23NO4/c1-16(2,12-7-9-17-10-8-12)21-15(20)14(19)11-3-5-13(18)6-4-11/h3-6,12,14,17-19H,7-10H2,1-2H3. The fraction of sp³-hybridized carbons (Fsp3) is 0.562. The SMILES string of the molecule is CC(C)(OC(=O)C(O)c1ccc(O)cc1)C1CCNCC1. The summed E-state index contributed by atoms with van der Waals surface area (Å²) in [5.74, 6) is -0.270. The van der Waals surface area contributed by atoms with Crippen molar-refractivity contribution in [3.05, 3.63) is 29.8 Å². The van der Waals surface area contributed by atoms with Crippen LogP contribution in [0.3, 0.4) is 0 Å². The van der Waals surface area contributed by atoms with Gasteiger partial charge in [-0.05, 0) is 57.5 Å². The number of benzene rings is 1. The van der Waals surface area contributed by atoms with Crippen LogP contribution in [0, 0.1) is 5.92 Å². The van der Waals surface area contributed by atoms with E-state index in [0.29, 0.717) is 5.56 Å². The third kappa shape index (κ3) is 3.95. The van der Waals surface area contributed by atoms with Crippen LogP contribution in [0.25, 0.3) is 0 Å². The second kappa shape index (κ2) is 6.45. The van der Waals surface area contributed by atoms with E-state index in [4.69, 9.17) is 4.74 Å². The van der Waals surface area contributed by atoms with E-state index in [1.54, 1.807) is 0 Å². The Morgan fingerprint density at radius 2 is 1.86 bits per heavy atom. The highest BCUT2D eigenvalue weighted by atomic mass is 16.6. The van der Waals surface area contributed by atoms with Gasteiger partial charge >= 0.3 is 5.97 Å². The van der Waals surface area contributed by atoms with Crippen LogP contribution in [-0.2, 0) is 9.53 Å². The van der Waals surface area contributed by atoms with Gasteiger partial charge in [-0.3, -0.25) is 0 Å². The number of phenolic OH excluding ortho intramolecular Hbond substituents is 1. The van der Waals surface area contributed by atoms with Crippen LogP contribution >= 0.6 is 0 Å². The molecule has 21 heavy (non-hydrogen) atoms. The first-order valence-corrected chi connectivity index (χ1v) is 7.31. The number of carbonyl (C=O) groups is 1. The first-order valence-electron chi connectivity index (χ1n) is 7.31. The normalized spacial score (nSPS) is 18.2. The second-order valence-corrected chi connectivity index (χ2v) is 6.04. The van der Waals surface area contributed by atoms with Crippen LogP contribution in [0.2, 0.25) is 0 Å². The molecule has 5 nitrogen and oxygen atoms in total. The Kier molecular flexibility index (Phi) is 4.85.